The number of fused-ring (bicyclic) bond motifs is 1. The van der Waals surface area contributed by atoms with Gasteiger partial charge in [0.15, 0.2) is 5.96 Å². The molecule has 0 saturated heterocycles. The number of carbonyl (C=O) groups is 6. The number of aliphatic imine (C=N–C) groups is 1. The maximum Gasteiger partial charge on any atom is 0.243 e. The first-order chi connectivity index (χ1) is 30.6. The highest BCUT2D eigenvalue weighted by atomic mass is 16.2. The van der Waals surface area contributed by atoms with E-state index in [4.69, 9.17) is 22.9 Å². The van der Waals surface area contributed by atoms with E-state index in [0.29, 0.717) is 19.3 Å². The second-order valence-corrected chi connectivity index (χ2v) is 16.3. The van der Waals surface area contributed by atoms with Crippen molar-refractivity contribution in [3.8, 4) is 0 Å². The molecule has 1 heterocycles. The lowest BCUT2D eigenvalue weighted by atomic mass is 9.95. The van der Waals surface area contributed by atoms with Gasteiger partial charge in [0.05, 0.1) is 6.04 Å². The summed E-state index contributed by atoms with van der Waals surface area (Å²) in [7, 11) is 0. The molecule has 0 fully saturated rings. The van der Waals surface area contributed by atoms with Crippen LogP contribution in [0.1, 0.15) is 70.1 Å². The van der Waals surface area contributed by atoms with E-state index in [1.807, 2.05) is 86.6 Å². The van der Waals surface area contributed by atoms with Crippen molar-refractivity contribution >= 4 is 52.3 Å². The molecule has 14 N–H and O–H groups in total. The zero-order valence-electron chi connectivity index (χ0n) is 37.1. The number of H-pyrrole nitrogens is 1. The van der Waals surface area contributed by atoms with Crippen LogP contribution in [0.3, 0.4) is 0 Å². The lowest BCUT2D eigenvalue weighted by Crippen LogP contribution is -2.61. The number of hydrogen-bond acceptors (Lipinski definition) is 8. The van der Waals surface area contributed by atoms with E-state index >= 15 is 0 Å². The van der Waals surface area contributed by atoms with Crippen LogP contribution in [0.25, 0.3) is 10.9 Å². The molecule has 17 heteroatoms. The van der Waals surface area contributed by atoms with Crippen molar-refractivity contribution in [3.05, 3.63) is 108 Å². The van der Waals surface area contributed by atoms with Crippen molar-refractivity contribution in [2.24, 2.45) is 39.8 Å². The highest BCUT2D eigenvalue weighted by molar-refractivity contribution is 5.97. The molecule has 4 rings (SSSR count). The number of aromatic amines is 1. The number of primary amides is 1. The first kappa shape index (κ1) is 49.9. The van der Waals surface area contributed by atoms with Crippen LogP contribution in [0.15, 0.2) is 96.1 Å². The Hall–Kier alpha value is -6.75. The number of nitrogens with one attached hydrogen (secondary N) is 6. The number of nitrogens with zero attached hydrogens (tertiary/aromatic N) is 1. The van der Waals surface area contributed by atoms with E-state index < -0.39 is 77.6 Å². The Morgan fingerprint density at radius 2 is 1.06 bits per heavy atom. The molecule has 1 aromatic heterocycles. The van der Waals surface area contributed by atoms with Crippen LogP contribution in [0.5, 0.6) is 0 Å². The number of benzene rings is 3. The molecule has 8 atom stereocenters. The average molecular weight is 880 g/mol. The quantitative estimate of drug-likeness (QED) is 0.0262. The molecule has 0 bridgehead atoms. The zero-order chi connectivity index (χ0) is 46.8. The van der Waals surface area contributed by atoms with Crippen LogP contribution >= 0.6 is 0 Å². The lowest BCUT2D eigenvalue weighted by molar-refractivity contribution is -0.136. The molecule has 6 amide bonds. The normalized spacial score (nSPS) is 14.9. The number of aromatic nitrogens is 1. The Morgan fingerprint density at radius 1 is 0.594 bits per heavy atom. The van der Waals surface area contributed by atoms with Crippen LogP contribution in [0.4, 0.5) is 0 Å². The summed E-state index contributed by atoms with van der Waals surface area (Å²) in [6.45, 7) is 7.59. The van der Waals surface area contributed by atoms with Gasteiger partial charge in [0.25, 0.3) is 0 Å². The topological polar surface area (TPSA) is 295 Å². The summed E-state index contributed by atoms with van der Waals surface area (Å²) in [5.74, 6) is -4.63. The van der Waals surface area contributed by atoms with E-state index in [1.165, 1.54) is 0 Å². The summed E-state index contributed by atoms with van der Waals surface area (Å²) in [5, 5.41) is 15.0. The number of para-hydroxylation sites is 1. The molecule has 64 heavy (non-hydrogen) atoms. The van der Waals surface area contributed by atoms with Crippen LogP contribution in [0.2, 0.25) is 0 Å². The van der Waals surface area contributed by atoms with Crippen LogP contribution in [-0.2, 0) is 48.0 Å². The highest BCUT2D eigenvalue weighted by Crippen LogP contribution is 2.20. The van der Waals surface area contributed by atoms with E-state index in [1.54, 1.807) is 32.2 Å². The zero-order valence-corrected chi connectivity index (χ0v) is 37.1. The molecule has 4 aromatic rings. The minimum atomic E-state index is -1.22. The lowest BCUT2D eigenvalue weighted by Gasteiger charge is -2.30. The van der Waals surface area contributed by atoms with E-state index in [9.17, 15) is 28.8 Å². The molecule has 17 nitrogen and oxygen atoms in total. The van der Waals surface area contributed by atoms with Crippen molar-refractivity contribution in [3.63, 3.8) is 0 Å². The highest BCUT2D eigenvalue weighted by Gasteiger charge is 2.35. The minimum absolute atomic E-state index is 0.0362. The van der Waals surface area contributed by atoms with Crippen molar-refractivity contribution in [2.75, 3.05) is 6.54 Å². The third-order valence-corrected chi connectivity index (χ3v) is 11.5. The van der Waals surface area contributed by atoms with Gasteiger partial charge in [-0.15, -0.1) is 0 Å². The van der Waals surface area contributed by atoms with Crippen LogP contribution in [-0.4, -0.2) is 89.2 Å². The maximum atomic E-state index is 14.5. The molecule has 344 valence electrons. The fourth-order valence-corrected chi connectivity index (χ4v) is 7.25. The van der Waals surface area contributed by atoms with Crippen molar-refractivity contribution in [1.82, 2.24) is 31.6 Å². The number of rotatable bonds is 25. The predicted octanol–water partition coefficient (Wildman–Crippen LogP) is 1.58. The molecule has 0 unspecified atom stereocenters. The summed E-state index contributed by atoms with van der Waals surface area (Å²) in [4.78, 5) is 90.2. The van der Waals surface area contributed by atoms with Gasteiger partial charge in [0, 0.05) is 42.9 Å². The first-order valence-electron chi connectivity index (χ1n) is 21.9. The Labute approximate surface area is 374 Å². The number of carbonyl (C=O) groups excluding carboxylic acids is 6. The van der Waals surface area contributed by atoms with Crippen LogP contribution in [0, 0.1) is 11.8 Å². The largest absolute Gasteiger partial charge is 0.370 e. The van der Waals surface area contributed by atoms with Gasteiger partial charge < -0.3 is 54.5 Å². The maximum absolute atomic E-state index is 14.5. The van der Waals surface area contributed by atoms with Gasteiger partial charge in [-0.3, -0.25) is 33.8 Å². The third-order valence-electron chi connectivity index (χ3n) is 11.5. The van der Waals surface area contributed by atoms with Gasteiger partial charge in [-0.2, -0.15) is 0 Å². The Morgan fingerprint density at radius 3 is 1.61 bits per heavy atom. The summed E-state index contributed by atoms with van der Waals surface area (Å²) >= 11 is 0. The number of amides is 6. The second kappa shape index (κ2) is 24.8. The van der Waals surface area contributed by atoms with Crippen molar-refractivity contribution in [2.45, 2.75) is 109 Å². The molecule has 0 spiro atoms. The van der Waals surface area contributed by atoms with Gasteiger partial charge in [0.2, 0.25) is 35.4 Å². The third kappa shape index (κ3) is 15.0. The number of guanidine groups is 1. The predicted molar refractivity (Wildman–Crippen MR) is 248 cm³/mol. The van der Waals surface area contributed by atoms with Gasteiger partial charge in [-0.05, 0) is 47.4 Å². The molecular formula is C47H65N11O6. The van der Waals surface area contributed by atoms with E-state index in [-0.39, 0.29) is 44.1 Å². The molecule has 0 aliphatic carbocycles. The van der Waals surface area contributed by atoms with Gasteiger partial charge in [0.1, 0.15) is 30.2 Å². The number of hydrogen-bond donors (Lipinski definition) is 10. The minimum Gasteiger partial charge on any atom is -0.370 e. The van der Waals surface area contributed by atoms with Crippen molar-refractivity contribution < 1.29 is 28.8 Å². The van der Waals surface area contributed by atoms with E-state index in [0.717, 1.165) is 27.6 Å². The Bertz CT molecular complexity index is 2190. The second-order valence-electron chi connectivity index (χ2n) is 16.3. The van der Waals surface area contributed by atoms with E-state index in [2.05, 4.69) is 36.6 Å². The SMILES string of the molecule is CC[C@@H](C)[C@@H](NC(=O)[C@@H](Cc1ccccc1)NC(=O)[C@H](NC(=O)[C@@H](Cc1ccccc1)NC(=O)[C@H](Cc1c[nH]c2ccccc12)NC(=O)[C@@H](N)CCCN=C(N)N)[C@H](C)CC)C(N)=O. The Kier molecular flexibility index (Phi) is 19.3. The summed E-state index contributed by atoms with van der Waals surface area (Å²) in [5.41, 5.74) is 25.9. The Balaban J connectivity index is 1.63. The summed E-state index contributed by atoms with van der Waals surface area (Å²) in [6, 6.07) is 19.0. The fourth-order valence-electron chi connectivity index (χ4n) is 7.25. The average Bonchev–Trinajstić information content (AvgIpc) is 3.70. The molecule has 0 aliphatic heterocycles. The summed E-state index contributed by atoms with van der Waals surface area (Å²) < 4.78 is 0. The summed E-state index contributed by atoms with van der Waals surface area (Å²) in [6.07, 6.45) is 3.62. The van der Waals surface area contributed by atoms with Crippen molar-refractivity contribution in [1.29, 1.82) is 0 Å². The first-order valence-corrected chi connectivity index (χ1v) is 21.9. The van der Waals surface area contributed by atoms with Gasteiger partial charge >= 0.3 is 0 Å². The smallest absolute Gasteiger partial charge is 0.243 e. The van der Waals surface area contributed by atoms with Gasteiger partial charge in [-0.1, -0.05) is 119 Å². The monoisotopic (exact) mass is 880 g/mol. The fraction of sp³-hybridized carbons (Fsp3) is 0.426. The number of nitrogens with two attached hydrogens (primary N) is 4. The molecular weight excluding hydrogens is 815 g/mol. The molecule has 0 saturated carbocycles. The molecule has 0 radical (unpaired) electrons. The molecule has 3 aromatic carbocycles. The van der Waals surface area contributed by atoms with Gasteiger partial charge in [-0.25, -0.2) is 0 Å². The van der Waals surface area contributed by atoms with Crippen LogP contribution < -0.4 is 49.5 Å². The molecule has 0 aliphatic rings. The standard InChI is InChI=1S/C47H65N11O6/c1-5-28(3)39(41(49)59)57-44(62)37(25-31-18-11-8-12-19-31)56-46(64)40(29(4)6-2)58-45(63)36(24-30-16-9-7-10-17-30)55-43(61)38(26-32-27-53-35-22-14-13-20-33(32)35)54-42(60)34(48)21-15-23-52-47(50)51/h7-14,16-20,22,27-29,34,36-40,53H,5-6,15,21,23-26,48H2,1-4H3,(H2,49,59)(H,54,60)(H,55,61)(H,56,64)(H,57,62)(H,58,63)(H4,50,51,52)/t28-,29-,34+,36-,37-,38+,39-,40-/m1/s1.